The Bertz CT molecular complexity index is 791. The highest BCUT2D eigenvalue weighted by Gasteiger charge is 2.25. The smallest absolute Gasteiger partial charge is 0.304 e. The second-order valence-electron chi connectivity index (χ2n) is 7.16. The molecule has 0 radical (unpaired) electrons. The van der Waals surface area contributed by atoms with E-state index in [1.54, 1.807) is 0 Å². The van der Waals surface area contributed by atoms with Gasteiger partial charge in [0.2, 0.25) is 0 Å². The third-order valence-electron chi connectivity index (χ3n) is 5.33. The Morgan fingerprint density at radius 1 is 1.27 bits per heavy atom. The highest BCUT2D eigenvalue weighted by molar-refractivity contribution is 5.80. The van der Waals surface area contributed by atoms with Crippen LogP contribution >= 0.6 is 0 Å². The van der Waals surface area contributed by atoms with E-state index in [9.17, 15) is 4.79 Å². The van der Waals surface area contributed by atoms with Crippen LogP contribution in [0.2, 0.25) is 0 Å². The summed E-state index contributed by atoms with van der Waals surface area (Å²) in [6.07, 6.45) is 7.67. The Kier molecular flexibility index (Phi) is 5.94. The van der Waals surface area contributed by atoms with Gasteiger partial charge in [-0.1, -0.05) is 30.3 Å². The van der Waals surface area contributed by atoms with Crippen molar-refractivity contribution < 1.29 is 9.90 Å². The predicted molar refractivity (Wildman–Crippen MR) is 105 cm³/mol. The molecule has 1 saturated heterocycles. The number of hydrogen-bond acceptors (Lipinski definition) is 2. The molecule has 0 aliphatic carbocycles. The molecule has 0 bridgehead atoms. The van der Waals surface area contributed by atoms with E-state index < -0.39 is 5.97 Å². The summed E-state index contributed by atoms with van der Waals surface area (Å²) in [4.78, 5) is 13.4. The molecule has 1 fully saturated rings. The Morgan fingerprint density at radius 2 is 2.08 bits per heavy atom. The van der Waals surface area contributed by atoms with Crippen LogP contribution in [0.1, 0.15) is 42.5 Å². The summed E-state index contributed by atoms with van der Waals surface area (Å²) in [5, 5.41) is 9.10. The number of carbonyl (C=O) groups is 1. The first-order valence-electron chi connectivity index (χ1n) is 9.40. The maximum Gasteiger partial charge on any atom is 0.304 e. The molecule has 0 unspecified atom stereocenters. The van der Waals surface area contributed by atoms with E-state index in [-0.39, 0.29) is 12.5 Å². The summed E-state index contributed by atoms with van der Waals surface area (Å²) in [6, 6.07) is 12.9. The molecule has 2 aromatic rings. The largest absolute Gasteiger partial charge is 0.481 e. The highest BCUT2D eigenvalue weighted by atomic mass is 16.4. The molecule has 1 N–H and O–H groups in total. The lowest BCUT2D eigenvalue weighted by Crippen LogP contribution is -2.32. The molecule has 1 aromatic heterocycles. The number of nitrogens with zero attached hydrogens (tertiary/aromatic N) is 2. The lowest BCUT2D eigenvalue weighted by Gasteiger charge is -2.22. The number of benzene rings is 1. The van der Waals surface area contributed by atoms with Crippen molar-refractivity contribution in [1.82, 2.24) is 9.47 Å². The molecule has 26 heavy (non-hydrogen) atoms. The normalized spacial score (nSPS) is 18.4. The van der Waals surface area contributed by atoms with Crippen molar-refractivity contribution in [3.63, 3.8) is 0 Å². The van der Waals surface area contributed by atoms with Crippen molar-refractivity contribution in [2.24, 2.45) is 7.05 Å². The quantitative estimate of drug-likeness (QED) is 0.816. The summed E-state index contributed by atoms with van der Waals surface area (Å²) in [6.45, 7) is 4.07. The first-order chi connectivity index (χ1) is 12.6. The van der Waals surface area contributed by atoms with E-state index in [1.807, 2.05) is 0 Å². The van der Waals surface area contributed by atoms with Gasteiger partial charge < -0.3 is 9.67 Å². The van der Waals surface area contributed by atoms with Crippen molar-refractivity contribution in [3.05, 3.63) is 65.5 Å². The summed E-state index contributed by atoms with van der Waals surface area (Å²) in [5.74, 6) is -0.693. The Labute approximate surface area is 155 Å². The zero-order valence-corrected chi connectivity index (χ0v) is 15.7. The highest BCUT2D eigenvalue weighted by Crippen LogP contribution is 2.27. The number of rotatable bonds is 7. The van der Waals surface area contributed by atoms with Gasteiger partial charge in [-0.25, -0.2) is 0 Å². The second-order valence-corrected chi connectivity index (χ2v) is 7.16. The monoisotopic (exact) mass is 352 g/mol. The fraction of sp³-hybridized carbons (Fsp3) is 0.409. The van der Waals surface area contributed by atoms with Crippen LogP contribution in [0, 0.1) is 6.92 Å². The number of carboxylic acids is 1. The fourth-order valence-corrected chi connectivity index (χ4v) is 3.97. The Hall–Kier alpha value is -2.33. The van der Waals surface area contributed by atoms with Gasteiger partial charge in [0.1, 0.15) is 0 Å². The predicted octanol–water partition coefficient (Wildman–Crippen LogP) is 4.09. The van der Waals surface area contributed by atoms with Crippen LogP contribution in [0.3, 0.4) is 0 Å². The number of likely N-dealkylation sites (tertiary alicyclic amines) is 1. The van der Waals surface area contributed by atoms with Gasteiger partial charge in [-0.05, 0) is 56.0 Å². The third-order valence-corrected chi connectivity index (χ3v) is 5.33. The Balaban J connectivity index is 1.79. The van der Waals surface area contributed by atoms with Crippen LogP contribution < -0.4 is 0 Å². The molecule has 4 heteroatoms. The maximum atomic E-state index is 11.1. The van der Waals surface area contributed by atoms with Crippen LogP contribution in [0.25, 0.3) is 5.57 Å². The summed E-state index contributed by atoms with van der Waals surface area (Å²) >= 11 is 0. The van der Waals surface area contributed by atoms with Gasteiger partial charge in [-0.2, -0.15) is 0 Å². The van der Waals surface area contributed by atoms with Crippen molar-refractivity contribution in [1.29, 1.82) is 0 Å². The minimum Gasteiger partial charge on any atom is -0.481 e. The second kappa shape index (κ2) is 8.37. The fourth-order valence-electron chi connectivity index (χ4n) is 3.97. The third kappa shape index (κ3) is 4.25. The number of carboxylic acid groups (broad SMARTS) is 1. The van der Waals surface area contributed by atoms with Crippen LogP contribution in [0.5, 0.6) is 0 Å². The molecule has 4 nitrogen and oxygen atoms in total. The van der Waals surface area contributed by atoms with E-state index in [2.05, 4.69) is 72.1 Å². The van der Waals surface area contributed by atoms with E-state index >= 15 is 0 Å². The molecule has 0 amide bonds. The van der Waals surface area contributed by atoms with Gasteiger partial charge in [0, 0.05) is 37.1 Å². The molecule has 1 aliphatic heterocycles. The zero-order chi connectivity index (χ0) is 18.5. The van der Waals surface area contributed by atoms with Crippen molar-refractivity contribution in [2.75, 3.05) is 13.1 Å². The number of aliphatic carboxylic acids is 1. The maximum absolute atomic E-state index is 11.1. The van der Waals surface area contributed by atoms with Crippen molar-refractivity contribution in [2.45, 2.75) is 38.6 Å². The van der Waals surface area contributed by atoms with E-state index in [1.165, 1.54) is 22.4 Å². The van der Waals surface area contributed by atoms with Crippen LogP contribution in [-0.4, -0.2) is 39.7 Å². The van der Waals surface area contributed by atoms with Gasteiger partial charge >= 0.3 is 5.97 Å². The average molecular weight is 352 g/mol. The van der Waals surface area contributed by atoms with Gasteiger partial charge in [0.25, 0.3) is 0 Å². The molecule has 1 aliphatic rings. The Morgan fingerprint density at radius 3 is 2.77 bits per heavy atom. The first kappa shape index (κ1) is 18.5. The zero-order valence-electron chi connectivity index (χ0n) is 15.7. The molecular weight excluding hydrogens is 324 g/mol. The molecule has 0 saturated carbocycles. The van der Waals surface area contributed by atoms with Gasteiger partial charge in [0.15, 0.2) is 0 Å². The molecule has 3 rings (SSSR count). The lowest BCUT2D eigenvalue weighted by atomic mass is 9.97. The first-order valence-corrected chi connectivity index (χ1v) is 9.40. The van der Waals surface area contributed by atoms with E-state index in [0.29, 0.717) is 0 Å². The number of aromatic nitrogens is 1. The minimum atomic E-state index is -0.693. The average Bonchev–Trinajstić information content (AvgIpc) is 3.21. The summed E-state index contributed by atoms with van der Waals surface area (Å²) in [7, 11) is 2.07. The standard InChI is InChI=1S/C22H28N2O2/c1-17-8-3-4-10-19(17)20(21-12-7-13-23(21)2)11-6-15-24-14-5-9-18(24)16-22(25)26/h3-4,7-8,10-13,18H,5-6,9,14-16H2,1-2H3,(H,25,26)/t18-/m0/s1. The molecule has 1 aromatic carbocycles. The molecule has 138 valence electrons. The summed E-state index contributed by atoms with van der Waals surface area (Å²) < 4.78 is 2.15. The molecule has 1 atom stereocenters. The lowest BCUT2D eigenvalue weighted by molar-refractivity contribution is -0.138. The topological polar surface area (TPSA) is 45.5 Å². The van der Waals surface area contributed by atoms with Gasteiger partial charge in [-0.15, -0.1) is 0 Å². The van der Waals surface area contributed by atoms with Crippen LogP contribution in [-0.2, 0) is 11.8 Å². The van der Waals surface area contributed by atoms with Crippen LogP contribution in [0.15, 0.2) is 48.7 Å². The van der Waals surface area contributed by atoms with Gasteiger partial charge in [0.05, 0.1) is 6.42 Å². The van der Waals surface area contributed by atoms with Crippen molar-refractivity contribution in [3.8, 4) is 0 Å². The van der Waals surface area contributed by atoms with E-state index in [4.69, 9.17) is 5.11 Å². The minimum absolute atomic E-state index is 0.192. The number of aryl methyl sites for hydroxylation is 2. The molecule has 2 heterocycles. The van der Waals surface area contributed by atoms with Gasteiger partial charge in [-0.3, -0.25) is 9.69 Å². The number of hydrogen-bond donors (Lipinski definition) is 1. The molecular formula is C22H28N2O2. The van der Waals surface area contributed by atoms with Crippen molar-refractivity contribution >= 4 is 11.5 Å². The summed E-state index contributed by atoms with van der Waals surface area (Å²) in [5.41, 5.74) is 5.00. The SMILES string of the molecule is Cc1ccccc1C(=CCCN1CCC[C@H]1CC(=O)O)c1cccn1C. The van der Waals surface area contributed by atoms with Crippen LogP contribution in [0.4, 0.5) is 0 Å². The van der Waals surface area contributed by atoms with E-state index in [0.717, 1.165) is 32.4 Å². The molecule has 0 spiro atoms.